The molecule has 33 heavy (non-hydrogen) atoms. The maximum absolute atomic E-state index is 9.45. The van der Waals surface area contributed by atoms with E-state index in [0.717, 1.165) is 59.7 Å². The lowest BCUT2D eigenvalue weighted by Gasteiger charge is -2.33. The number of nitrogen functional groups attached to an aromatic ring is 1. The summed E-state index contributed by atoms with van der Waals surface area (Å²) >= 11 is 0. The Labute approximate surface area is 190 Å². The Morgan fingerprint density at radius 3 is 2.42 bits per heavy atom. The van der Waals surface area contributed by atoms with Gasteiger partial charge in [-0.2, -0.15) is 4.98 Å². The second-order valence-corrected chi connectivity index (χ2v) is 7.94. The average molecular weight is 450 g/mol. The van der Waals surface area contributed by atoms with E-state index >= 15 is 0 Å². The predicted molar refractivity (Wildman–Crippen MR) is 128 cm³/mol. The molecule has 3 heterocycles. The Hall–Kier alpha value is -3.60. The highest BCUT2D eigenvalue weighted by Gasteiger charge is 2.16. The molecule has 4 aromatic rings. The van der Waals surface area contributed by atoms with Crippen LogP contribution in [0.5, 0.6) is 0 Å². The number of anilines is 2. The second kappa shape index (κ2) is 9.90. The Balaban J connectivity index is 0.000000385. The number of aromatic nitrogens is 3. The van der Waals surface area contributed by atoms with Crippen molar-refractivity contribution in [2.75, 3.05) is 50.5 Å². The van der Waals surface area contributed by atoms with Crippen molar-refractivity contribution in [3.63, 3.8) is 0 Å². The lowest BCUT2D eigenvalue weighted by Crippen LogP contribution is -2.44. The summed E-state index contributed by atoms with van der Waals surface area (Å²) in [7, 11) is 2.15. The third kappa shape index (κ3) is 5.25. The fourth-order valence-corrected chi connectivity index (χ4v) is 3.54. The topological polar surface area (TPSA) is 148 Å². The molecule has 5 N–H and O–H groups in total. The largest absolute Gasteiger partial charge is 0.424 e. The van der Waals surface area contributed by atoms with E-state index in [-0.39, 0.29) is 12.6 Å². The van der Waals surface area contributed by atoms with Gasteiger partial charge in [-0.25, -0.2) is 4.98 Å². The average Bonchev–Trinajstić information content (AvgIpc) is 3.23. The molecule has 0 aliphatic carbocycles. The van der Waals surface area contributed by atoms with Crippen molar-refractivity contribution in [1.82, 2.24) is 19.9 Å². The lowest BCUT2D eigenvalue weighted by molar-refractivity contribution is -0.109. The standard InChI is InChI=1S/C20H20N6O.C3H7NO2/c1-25-6-8-26(9-7-25)19-12-22-15-4-2-13(10-16(15)23-19)14-3-5-18-17(11-14)24-20(21)27-18;4-3(1-5)2-6/h2-5,10-12H,6-9H2,1H3,(H2,21,24);1,3,6H,2,4H2. The molecule has 1 aliphatic rings. The van der Waals surface area contributed by atoms with Gasteiger partial charge in [0.1, 0.15) is 17.6 Å². The number of aliphatic hydroxyl groups excluding tert-OH is 1. The van der Waals surface area contributed by atoms with Gasteiger partial charge in [-0.1, -0.05) is 12.1 Å². The number of nitrogens with two attached hydrogens (primary N) is 2. The van der Waals surface area contributed by atoms with E-state index in [1.807, 2.05) is 30.5 Å². The molecule has 0 amide bonds. The zero-order chi connectivity index (χ0) is 23.4. The molecule has 0 bridgehead atoms. The highest BCUT2D eigenvalue weighted by atomic mass is 16.4. The number of aliphatic hydroxyl groups is 1. The molecule has 2 aromatic heterocycles. The van der Waals surface area contributed by atoms with Crippen LogP contribution >= 0.6 is 0 Å². The van der Waals surface area contributed by atoms with Crippen LogP contribution in [0.1, 0.15) is 0 Å². The quantitative estimate of drug-likeness (QED) is 0.389. The first-order valence-corrected chi connectivity index (χ1v) is 10.7. The van der Waals surface area contributed by atoms with Gasteiger partial charge in [0, 0.05) is 26.2 Å². The SMILES string of the molecule is CN1CCN(c2cnc3ccc(-c4ccc5oc(N)nc5c4)cc3n2)CC1.NC(C=O)CO. The number of carbonyl (C=O) groups is 1. The summed E-state index contributed by atoms with van der Waals surface area (Å²) in [6.07, 6.45) is 2.37. The molecule has 1 fully saturated rings. The zero-order valence-corrected chi connectivity index (χ0v) is 18.4. The molecule has 10 nitrogen and oxygen atoms in total. The normalized spacial score (nSPS) is 15.3. The third-order valence-electron chi connectivity index (χ3n) is 5.48. The summed E-state index contributed by atoms with van der Waals surface area (Å²) in [6.45, 7) is 3.77. The number of benzene rings is 2. The fraction of sp³-hybridized carbons (Fsp3) is 0.304. The molecule has 2 aromatic carbocycles. The Kier molecular flexibility index (Phi) is 6.78. The Morgan fingerprint density at radius 1 is 1.06 bits per heavy atom. The minimum absolute atomic E-state index is 0.184. The van der Waals surface area contributed by atoms with E-state index in [1.165, 1.54) is 0 Å². The van der Waals surface area contributed by atoms with Crippen LogP contribution in [-0.2, 0) is 4.79 Å². The number of nitrogens with zero attached hydrogens (tertiary/aromatic N) is 5. The number of hydrogen-bond donors (Lipinski definition) is 3. The highest BCUT2D eigenvalue weighted by Crippen LogP contribution is 2.28. The third-order valence-corrected chi connectivity index (χ3v) is 5.48. The maximum atomic E-state index is 9.45. The highest BCUT2D eigenvalue weighted by molar-refractivity contribution is 5.86. The number of hydrogen-bond acceptors (Lipinski definition) is 10. The number of piperazine rings is 1. The number of likely N-dealkylation sites (N-methyl/N-ethyl adjacent to an activating group) is 1. The zero-order valence-electron chi connectivity index (χ0n) is 18.4. The molecule has 10 heteroatoms. The van der Waals surface area contributed by atoms with Crippen LogP contribution in [0.3, 0.4) is 0 Å². The van der Waals surface area contributed by atoms with Crippen LogP contribution in [0.25, 0.3) is 33.3 Å². The van der Waals surface area contributed by atoms with Gasteiger partial charge < -0.3 is 35.6 Å². The van der Waals surface area contributed by atoms with Crippen molar-refractivity contribution >= 4 is 40.3 Å². The summed E-state index contributed by atoms with van der Waals surface area (Å²) in [4.78, 5) is 27.8. The van der Waals surface area contributed by atoms with Gasteiger partial charge in [-0.15, -0.1) is 0 Å². The maximum Gasteiger partial charge on any atom is 0.292 e. The van der Waals surface area contributed by atoms with E-state index in [0.29, 0.717) is 11.9 Å². The molecule has 0 radical (unpaired) electrons. The number of oxazole rings is 1. The van der Waals surface area contributed by atoms with Crippen LogP contribution in [0.4, 0.5) is 11.8 Å². The Bertz CT molecular complexity index is 1250. The summed E-state index contributed by atoms with van der Waals surface area (Å²) in [5.74, 6) is 0.937. The molecule has 172 valence electrons. The lowest BCUT2D eigenvalue weighted by atomic mass is 10.0. The number of fused-ring (bicyclic) bond motifs is 2. The van der Waals surface area contributed by atoms with E-state index in [4.69, 9.17) is 26.0 Å². The molecule has 5 rings (SSSR count). The first kappa shape index (κ1) is 22.6. The molecule has 1 aliphatic heterocycles. The summed E-state index contributed by atoms with van der Waals surface area (Å²) in [5, 5.41) is 7.98. The minimum Gasteiger partial charge on any atom is -0.424 e. The van der Waals surface area contributed by atoms with Crippen LogP contribution < -0.4 is 16.4 Å². The van der Waals surface area contributed by atoms with Crippen LogP contribution in [0.2, 0.25) is 0 Å². The summed E-state index contributed by atoms with van der Waals surface area (Å²) in [6, 6.07) is 11.5. The van der Waals surface area contributed by atoms with E-state index in [9.17, 15) is 4.79 Å². The Morgan fingerprint density at radius 2 is 1.76 bits per heavy atom. The monoisotopic (exact) mass is 449 g/mol. The first-order chi connectivity index (χ1) is 16.0. The molecule has 1 saturated heterocycles. The van der Waals surface area contributed by atoms with Gasteiger partial charge in [-0.3, -0.25) is 4.98 Å². The van der Waals surface area contributed by atoms with Gasteiger partial charge >= 0.3 is 0 Å². The van der Waals surface area contributed by atoms with Crippen LogP contribution in [0.15, 0.2) is 47.0 Å². The number of rotatable bonds is 4. The summed E-state index contributed by atoms with van der Waals surface area (Å²) < 4.78 is 5.35. The summed E-state index contributed by atoms with van der Waals surface area (Å²) in [5.41, 5.74) is 15.8. The van der Waals surface area contributed by atoms with Gasteiger partial charge in [0.25, 0.3) is 6.01 Å². The van der Waals surface area contributed by atoms with Crippen molar-refractivity contribution in [1.29, 1.82) is 0 Å². The fourth-order valence-electron chi connectivity index (χ4n) is 3.54. The van der Waals surface area contributed by atoms with E-state index in [2.05, 4.69) is 38.9 Å². The minimum atomic E-state index is -0.690. The van der Waals surface area contributed by atoms with Gasteiger partial charge in [0.05, 0.1) is 29.9 Å². The van der Waals surface area contributed by atoms with Crippen molar-refractivity contribution in [3.8, 4) is 11.1 Å². The van der Waals surface area contributed by atoms with Crippen molar-refractivity contribution in [2.24, 2.45) is 5.73 Å². The van der Waals surface area contributed by atoms with Gasteiger partial charge in [0.15, 0.2) is 5.58 Å². The van der Waals surface area contributed by atoms with Crippen molar-refractivity contribution < 1.29 is 14.3 Å². The van der Waals surface area contributed by atoms with Gasteiger partial charge in [-0.05, 0) is 42.4 Å². The van der Waals surface area contributed by atoms with E-state index in [1.54, 1.807) is 0 Å². The second-order valence-electron chi connectivity index (χ2n) is 7.94. The van der Waals surface area contributed by atoms with Crippen LogP contribution in [-0.4, -0.2) is 77.1 Å². The van der Waals surface area contributed by atoms with Crippen molar-refractivity contribution in [3.05, 3.63) is 42.6 Å². The molecular formula is C23H27N7O3. The van der Waals surface area contributed by atoms with Crippen molar-refractivity contribution in [2.45, 2.75) is 6.04 Å². The van der Waals surface area contributed by atoms with Crippen LogP contribution in [0, 0.1) is 0 Å². The smallest absolute Gasteiger partial charge is 0.292 e. The number of carbonyl (C=O) groups excluding carboxylic acids is 1. The number of aldehydes is 1. The molecule has 1 unspecified atom stereocenters. The molecule has 0 spiro atoms. The van der Waals surface area contributed by atoms with E-state index < -0.39 is 6.04 Å². The molecular weight excluding hydrogens is 422 g/mol. The predicted octanol–water partition coefficient (Wildman–Crippen LogP) is 1.28. The molecule has 1 atom stereocenters. The molecule has 0 saturated carbocycles. The van der Waals surface area contributed by atoms with Gasteiger partial charge in [0.2, 0.25) is 0 Å². The first-order valence-electron chi connectivity index (χ1n) is 10.7.